The molecule has 17 heavy (non-hydrogen) atoms. The molecule has 2 nitrogen and oxygen atoms in total. The fourth-order valence-electron chi connectivity index (χ4n) is 2.77. The maximum Gasteiger partial charge on any atom is 0.0690 e. The van der Waals surface area contributed by atoms with E-state index in [1.165, 1.54) is 19.3 Å². The number of hydrogen-bond donors (Lipinski definition) is 0. The van der Waals surface area contributed by atoms with E-state index in [1.807, 2.05) is 0 Å². The first-order valence-corrected chi connectivity index (χ1v) is 6.96. The Morgan fingerprint density at radius 3 is 2.65 bits per heavy atom. The van der Waals surface area contributed by atoms with Crippen molar-refractivity contribution >= 4 is 0 Å². The van der Waals surface area contributed by atoms with Crippen LogP contribution in [0.25, 0.3) is 0 Å². The molecule has 2 heteroatoms. The highest BCUT2D eigenvalue weighted by atomic mass is 16.5. The Labute approximate surface area is 106 Å². The lowest BCUT2D eigenvalue weighted by Crippen LogP contribution is -2.30. The van der Waals surface area contributed by atoms with Crippen molar-refractivity contribution in [3.05, 3.63) is 0 Å². The summed E-state index contributed by atoms with van der Waals surface area (Å²) in [6.07, 6.45) is 6.77. The molecule has 0 aliphatic heterocycles. The van der Waals surface area contributed by atoms with Gasteiger partial charge >= 0.3 is 0 Å². The van der Waals surface area contributed by atoms with Gasteiger partial charge in [0.2, 0.25) is 0 Å². The first kappa shape index (κ1) is 14.5. The minimum absolute atomic E-state index is 0.0878. The van der Waals surface area contributed by atoms with Gasteiger partial charge in [-0.2, -0.15) is 5.26 Å². The lowest BCUT2D eigenvalue weighted by Gasteiger charge is -2.36. The molecular formula is C15H27NO. The monoisotopic (exact) mass is 237 g/mol. The summed E-state index contributed by atoms with van der Waals surface area (Å²) in [5, 5.41) is 9.48. The molecule has 2 atom stereocenters. The van der Waals surface area contributed by atoms with Gasteiger partial charge in [-0.15, -0.1) is 0 Å². The van der Waals surface area contributed by atoms with Crippen molar-refractivity contribution in [3.8, 4) is 6.07 Å². The molecule has 1 saturated carbocycles. The third-order valence-corrected chi connectivity index (χ3v) is 3.88. The Bertz CT molecular complexity index is 274. The van der Waals surface area contributed by atoms with Crippen LogP contribution in [0.1, 0.15) is 66.2 Å². The highest BCUT2D eigenvalue weighted by Gasteiger charge is 2.35. The van der Waals surface area contributed by atoms with Gasteiger partial charge < -0.3 is 4.74 Å². The molecule has 0 radical (unpaired) electrons. The van der Waals surface area contributed by atoms with E-state index in [-0.39, 0.29) is 11.0 Å². The molecule has 1 fully saturated rings. The lowest BCUT2D eigenvalue weighted by molar-refractivity contribution is -0.0190. The zero-order chi connectivity index (χ0) is 12.9. The van der Waals surface area contributed by atoms with Crippen LogP contribution in [0.4, 0.5) is 0 Å². The quantitative estimate of drug-likeness (QED) is 0.730. The van der Waals surface area contributed by atoms with E-state index >= 15 is 0 Å². The number of nitrogens with zero attached hydrogens (tertiary/aromatic N) is 1. The van der Waals surface area contributed by atoms with Gasteiger partial charge in [-0.25, -0.2) is 0 Å². The summed E-state index contributed by atoms with van der Waals surface area (Å²) in [6, 6.07) is 2.59. The van der Waals surface area contributed by atoms with E-state index in [9.17, 15) is 5.26 Å². The third kappa shape index (κ3) is 4.68. The summed E-state index contributed by atoms with van der Waals surface area (Å²) in [4.78, 5) is 0. The summed E-state index contributed by atoms with van der Waals surface area (Å²) < 4.78 is 5.78. The van der Waals surface area contributed by atoms with Gasteiger partial charge in [0.25, 0.3) is 0 Å². The van der Waals surface area contributed by atoms with Crippen molar-refractivity contribution in [1.29, 1.82) is 5.26 Å². The lowest BCUT2D eigenvalue weighted by atomic mass is 9.68. The first-order valence-electron chi connectivity index (χ1n) is 6.96. The van der Waals surface area contributed by atoms with Crippen molar-refractivity contribution < 1.29 is 4.74 Å². The highest BCUT2D eigenvalue weighted by molar-refractivity contribution is 5.02. The molecule has 0 saturated heterocycles. The minimum atomic E-state index is -0.107. The van der Waals surface area contributed by atoms with E-state index in [1.54, 1.807) is 0 Å². The van der Waals surface area contributed by atoms with Crippen LogP contribution in [0.3, 0.4) is 0 Å². The Balaban J connectivity index is 2.49. The zero-order valence-corrected chi connectivity index (χ0v) is 11.9. The van der Waals surface area contributed by atoms with Gasteiger partial charge in [-0.05, 0) is 46.0 Å². The second kappa shape index (κ2) is 5.87. The number of nitriles is 1. The third-order valence-electron chi connectivity index (χ3n) is 3.88. The summed E-state index contributed by atoms with van der Waals surface area (Å²) in [6.45, 7) is 9.17. The Hall–Kier alpha value is -0.550. The maximum atomic E-state index is 9.48. The van der Waals surface area contributed by atoms with Gasteiger partial charge in [0.1, 0.15) is 0 Å². The molecule has 1 rings (SSSR count). The van der Waals surface area contributed by atoms with E-state index < -0.39 is 0 Å². The van der Waals surface area contributed by atoms with Gasteiger partial charge in [-0.3, -0.25) is 0 Å². The number of ether oxygens (including phenoxy) is 1. The molecule has 1 aliphatic rings. The van der Waals surface area contributed by atoms with E-state index in [4.69, 9.17) is 4.74 Å². The predicted octanol–water partition coefficient (Wildman–Crippen LogP) is 4.30. The summed E-state index contributed by atoms with van der Waals surface area (Å²) in [5.41, 5.74) is -0.195. The largest absolute Gasteiger partial charge is 0.376 e. The topological polar surface area (TPSA) is 33.0 Å². The fraction of sp³-hybridized carbons (Fsp3) is 0.933. The molecule has 0 spiro atoms. The van der Waals surface area contributed by atoms with Crippen LogP contribution in [0.2, 0.25) is 0 Å². The molecular weight excluding hydrogens is 210 g/mol. The van der Waals surface area contributed by atoms with Crippen LogP contribution in [0.5, 0.6) is 0 Å². The zero-order valence-electron chi connectivity index (χ0n) is 11.9. The molecule has 0 aromatic heterocycles. The van der Waals surface area contributed by atoms with Crippen LogP contribution in [0, 0.1) is 22.7 Å². The maximum absolute atomic E-state index is 9.48. The Morgan fingerprint density at radius 1 is 1.41 bits per heavy atom. The van der Waals surface area contributed by atoms with Crippen molar-refractivity contribution in [1.82, 2.24) is 0 Å². The van der Waals surface area contributed by atoms with Crippen LogP contribution < -0.4 is 0 Å². The Kier molecular flexibility index (Phi) is 5.01. The molecule has 0 aromatic rings. The number of hydrogen-bond acceptors (Lipinski definition) is 2. The van der Waals surface area contributed by atoms with Crippen molar-refractivity contribution in [2.45, 2.75) is 71.8 Å². The Morgan fingerprint density at radius 2 is 2.12 bits per heavy atom. The average molecular weight is 237 g/mol. The van der Waals surface area contributed by atoms with Crippen LogP contribution in [0.15, 0.2) is 0 Å². The fourth-order valence-corrected chi connectivity index (χ4v) is 2.77. The summed E-state index contributed by atoms with van der Waals surface area (Å²) in [5.74, 6) is 0.748. The smallest absolute Gasteiger partial charge is 0.0690 e. The van der Waals surface area contributed by atoms with Crippen molar-refractivity contribution in [3.63, 3.8) is 0 Å². The highest BCUT2D eigenvalue weighted by Crippen LogP contribution is 2.42. The molecule has 0 heterocycles. The number of rotatable bonds is 4. The first-order chi connectivity index (χ1) is 7.91. The second-order valence-electron chi connectivity index (χ2n) is 6.47. The molecule has 2 unspecified atom stereocenters. The summed E-state index contributed by atoms with van der Waals surface area (Å²) in [7, 11) is 0. The van der Waals surface area contributed by atoms with Crippen molar-refractivity contribution in [2.24, 2.45) is 11.3 Å². The van der Waals surface area contributed by atoms with Gasteiger partial charge in [-0.1, -0.05) is 26.2 Å². The second-order valence-corrected chi connectivity index (χ2v) is 6.47. The van der Waals surface area contributed by atoms with E-state index in [2.05, 4.69) is 33.8 Å². The van der Waals surface area contributed by atoms with Crippen LogP contribution >= 0.6 is 0 Å². The van der Waals surface area contributed by atoms with E-state index in [0.29, 0.717) is 6.61 Å². The standard InChI is InChI=1S/C15H27NO/c1-5-13-7-6-8-15(11-13,12-16)9-10-17-14(2,3)4/h13H,5-11H2,1-4H3. The van der Waals surface area contributed by atoms with E-state index in [0.717, 1.165) is 25.2 Å². The molecule has 0 N–H and O–H groups in total. The molecule has 0 aromatic carbocycles. The molecule has 0 bridgehead atoms. The molecule has 1 aliphatic carbocycles. The molecule has 0 amide bonds. The van der Waals surface area contributed by atoms with Gasteiger partial charge in [0.05, 0.1) is 17.1 Å². The predicted molar refractivity (Wildman–Crippen MR) is 70.6 cm³/mol. The molecule has 98 valence electrons. The normalized spacial score (nSPS) is 29.9. The minimum Gasteiger partial charge on any atom is -0.376 e. The summed E-state index contributed by atoms with van der Waals surface area (Å²) >= 11 is 0. The van der Waals surface area contributed by atoms with Crippen LogP contribution in [-0.4, -0.2) is 12.2 Å². The average Bonchev–Trinajstić information content (AvgIpc) is 2.27. The van der Waals surface area contributed by atoms with Gasteiger partial charge in [0, 0.05) is 6.61 Å². The van der Waals surface area contributed by atoms with Gasteiger partial charge in [0.15, 0.2) is 0 Å². The van der Waals surface area contributed by atoms with Crippen LogP contribution in [-0.2, 0) is 4.74 Å². The van der Waals surface area contributed by atoms with Crippen molar-refractivity contribution in [2.75, 3.05) is 6.61 Å². The SMILES string of the molecule is CCC1CCCC(C#N)(CCOC(C)(C)C)C1.